The average Bonchev–Trinajstić information content (AvgIpc) is 2.23. The first-order valence-electron chi connectivity index (χ1n) is 6.01. The highest BCUT2D eigenvalue weighted by Gasteiger charge is 2.08. The van der Waals surface area contributed by atoms with Crippen molar-refractivity contribution in [3.63, 3.8) is 0 Å². The van der Waals surface area contributed by atoms with Crippen LogP contribution in [-0.4, -0.2) is 48.2 Å². The Morgan fingerprint density at radius 3 is 2.35 bits per heavy atom. The number of amides is 1. The number of nitrogens with zero attached hydrogens (tertiary/aromatic N) is 1. The Kier molecular flexibility index (Phi) is 8.40. The highest BCUT2D eigenvalue weighted by Crippen LogP contribution is 2.02. The quantitative estimate of drug-likeness (QED) is 0.625. The van der Waals surface area contributed by atoms with Crippen LogP contribution in [0.1, 0.15) is 39.5 Å². The van der Waals surface area contributed by atoms with Gasteiger partial charge >= 0.3 is 5.97 Å². The molecule has 0 bridgehead atoms. The van der Waals surface area contributed by atoms with E-state index in [9.17, 15) is 9.59 Å². The zero-order chi connectivity index (χ0) is 13.3. The van der Waals surface area contributed by atoms with Crippen LogP contribution >= 0.6 is 0 Å². The summed E-state index contributed by atoms with van der Waals surface area (Å²) in [7, 11) is 1.74. The fraction of sp³-hybridized carbons (Fsp3) is 0.833. The number of rotatable bonds is 9. The molecule has 0 radical (unpaired) electrons. The smallest absolute Gasteiger partial charge is 0.303 e. The van der Waals surface area contributed by atoms with Crippen LogP contribution in [0.25, 0.3) is 0 Å². The van der Waals surface area contributed by atoms with Gasteiger partial charge in [-0.25, -0.2) is 0 Å². The molecule has 0 unspecified atom stereocenters. The zero-order valence-corrected chi connectivity index (χ0v) is 10.9. The summed E-state index contributed by atoms with van der Waals surface area (Å²) in [5.41, 5.74) is 0. The van der Waals surface area contributed by atoms with Crippen molar-refractivity contribution in [2.24, 2.45) is 0 Å². The van der Waals surface area contributed by atoms with Crippen molar-refractivity contribution >= 4 is 11.9 Å². The number of carboxylic acids is 1. The van der Waals surface area contributed by atoms with Gasteiger partial charge in [-0.05, 0) is 26.7 Å². The van der Waals surface area contributed by atoms with Crippen molar-refractivity contribution in [2.45, 2.75) is 45.6 Å². The topological polar surface area (TPSA) is 66.8 Å². The lowest BCUT2D eigenvalue weighted by Crippen LogP contribution is -2.30. The first-order chi connectivity index (χ1) is 7.93. The van der Waals surface area contributed by atoms with Crippen molar-refractivity contribution in [1.82, 2.24) is 4.90 Å². The predicted molar refractivity (Wildman–Crippen MR) is 64.8 cm³/mol. The number of hydrogen-bond donors (Lipinski definition) is 1. The van der Waals surface area contributed by atoms with E-state index in [0.717, 1.165) is 0 Å². The standard InChI is InChI=1S/C12H23NO4/c1-10(2)17-9-8-13(3)11(14)6-4-5-7-12(15)16/h10H,4-9H2,1-3H3,(H,15,16). The molecule has 0 aromatic rings. The molecule has 5 nitrogen and oxygen atoms in total. The summed E-state index contributed by atoms with van der Waals surface area (Å²) in [6, 6.07) is 0. The number of carbonyl (C=O) groups is 2. The Morgan fingerprint density at radius 1 is 1.24 bits per heavy atom. The Morgan fingerprint density at radius 2 is 1.82 bits per heavy atom. The maximum absolute atomic E-state index is 11.6. The summed E-state index contributed by atoms with van der Waals surface area (Å²) in [6.07, 6.45) is 1.89. The van der Waals surface area contributed by atoms with E-state index >= 15 is 0 Å². The zero-order valence-electron chi connectivity index (χ0n) is 10.9. The Balaban J connectivity index is 3.57. The van der Waals surface area contributed by atoms with E-state index in [1.807, 2.05) is 13.8 Å². The van der Waals surface area contributed by atoms with Crippen LogP contribution in [0.15, 0.2) is 0 Å². The van der Waals surface area contributed by atoms with Crippen LogP contribution in [0.2, 0.25) is 0 Å². The van der Waals surface area contributed by atoms with Crippen LogP contribution in [0.4, 0.5) is 0 Å². The molecule has 100 valence electrons. The van der Waals surface area contributed by atoms with Crippen molar-refractivity contribution in [3.05, 3.63) is 0 Å². The van der Waals surface area contributed by atoms with Crippen LogP contribution < -0.4 is 0 Å². The molecule has 0 heterocycles. The molecular formula is C12H23NO4. The van der Waals surface area contributed by atoms with Gasteiger partial charge in [-0.15, -0.1) is 0 Å². The lowest BCUT2D eigenvalue weighted by atomic mass is 10.2. The largest absolute Gasteiger partial charge is 0.481 e. The van der Waals surface area contributed by atoms with Crippen molar-refractivity contribution in [1.29, 1.82) is 0 Å². The molecule has 0 aromatic carbocycles. The summed E-state index contributed by atoms with van der Waals surface area (Å²) in [5.74, 6) is -0.765. The van der Waals surface area contributed by atoms with E-state index in [0.29, 0.717) is 32.4 Å². The maximum atomic E-state index is 11.6. The monoisotopic (exact) mass is 245 g/mol. The molecule has 0 aliphatic rings. The molecular weight excluding hydrogens is 222 g/mol. The van der Waals surface area contributed by atoms with E-state index in [4.69, 9.17) is 9.84 Å². The highest BCUT2D eigenvalue weighted by molar-refractivity contribution is 5.75. The number of ether oxygens (including phenoxy) is 1. The van der Waals surface area contributed by atoms with Gasteiger partial charge in [-0.1, -0.05) is 0 Å². The van der Waals surface area contributed by atoms with Crippen molar-refractivity contribution in [2.75, 3.05) is 20.2 Å². The molecule has 0 spiro atoms. The molecule has 0 saturated heterocycles. The molecule has 0 rings (SSSR count). The second-order valence-electron chi connectivity index (χ2n) is 4.34. The number of unbranched alkanes of at least 4 members (excludes halogenated alkanes) is 1. The van der Waals surface area contributed by atoms with Crippen LogP contribution in [0.5, 0.6) is 0 Å². The van der Waals surface area contributed by atoms with E-state index < -0.39 is 5.97 Å². The molecule has 17 heavy (non-hydrogen) atoms. The average molecular weight is 245 g/mol. The minimum absolute atomic E-state index is 0.0442. The number of likely N-dealkylation sites (N-methyl/N-ethyl adjacent to an activating group) is 1. The summed E-state index contributed by atoms with van der Waals surface area (Å²) in [6.45, 7) is 5.02. The Bertz CT molecular complexity index is 241. The minimum Gasteiger partial charge on any atom is -0.481 e. The van der Waals surface area contributed by atoms with Gasteiger partial charge in [0, 0.05) is 26.4 Å². The van der Waals surface area contributed by atoms with Gasteiger partial charge in [-0.3, -0.25) is 9.59 Å². The Hall–Kier alpha value is -1.10. The van der Waals surface area contributed by atoms with Crippen LogP contribution in [0, 0.1) is 0 Å². The van der Waals surface area contributed by atoms with Crippen molar-refractivity contribution in [3.8, 4) is 0 Å². The van der Waals surface area contributed by atoms with Gasteiger partial charge in [0.2, 0.25) is 5.91 Å². The fourth-order valence-corrected chi connectivity index (χ4v) is 1.29. The second kappa shape index (κ2) is 8.98. The minimum atomic E-state index is -0.809. The number of aliphatic carboxylic acids is 1. The molecule has 1 amide bonds. The lowest BCUT2D eigenvalue weighted by Gasteiger charge is -2.18. The predicted octanol–water partition coefficient (Wildman–Crippen LogP) is 1.51. The molecule has 0 saturated carbocycles. The lowest BCUT2D eigenvalue weighted by molar-refractivity contribution is -0.137. The third kappa shape index (κ3) is 9.81. The highest BCUT2D eigenvalue weighted by atomic mass is 16.5. The third-order valence-electron chi connectivity index (χ3n) is 2.33. The summed E-state index contributed by atoms with van der Waals surface area (Å²) in [5, 5.41) is 8.44. The normalized spacial score (nSPS) is 10.6. The van der Waals surface area contributed by atoms with Gasteiger partial charge < -0.3 is 14.7 Å². The van der Waals surface area contributed by atoms with Crippen LogP contribution in [-0.2, 0) is 14.3 Å². The summed E-state index contributed by atoms with van der Waals surface area (Å²) < 4.78 is 5.35. The van der Waals surface area contributed by atoms with Gasteiger partial charge in [0.05, 0.1) is 12.7 Å². The van der Waals surface area contributed by atoms with Crippen molar-refractivity contribution < 1.29 is 19.4 Å². The first kappa shape index (κ1) is 15.9. The SMILES string of the molecule is CC(C)OCCN(C)C(=O)CCCCC(=O)O. The molecule has 0 fully saturated rings. The molecule has 0 aliphatic carbocycles. The van der Waals surface area contributed by atoms with E-state index in [1.165, 1.54) is 0 Å². The molecule has 0 aromatic heterocycles. The molecule has 0 atom stereocenters. The molecule has 5 heteroatoms. The Labute approximate surface area is 103 Å². The number of carbonyl (C=O) groups excluding carboxylic acids is 1. The first-order valence-corrected chi connectivity index (χ1v) is 6.01. The van der Waals surface area contributed by atoms with Gasteiger partial charge in [0.15, 0.2) is 0 Å². The fourth-order valence-electron chi connectivity index (χ4n) is 1.29. The second-order valence-corrected chi connectivity index (χ2v) is 4.34. The summed E-state index contributed by atoms with van der Waals surface area (Å²) >= 11 is 0. The summed E-state index contributed by atoms with van der Waals surface area (Å²) in [4.78, 5) is 23.5. The van der Waals surface area contributed by atoms with Gasteiger partial charge in [-0.2, -0.15) is 0 Å². The van der Waals surface area contributed by atoms with Crippen LogP contribution in [0.3, 0.4) is 0 Å². The van der Waals surface area contributed by atoms with E-state index in [2.05, 4.69) is 0 Å². The molecule has 0 aliphatic heterocycles. The molecule has 1 N–H and O–H groups in total. The van der Waals surface area contributed by atoms with E-state index in [-0.39, 0.29) is 18.4 Å². The van der Waals surface area contributed by atoms with Gasteiger partial charge in [0.1, 0.15) is 0 Å². The van der Waals surface area contributed by atoms with Gasteiger partial charge in [0.25, 0.3) is 0 Å². The number of carboxylic acid groups (broad SMARTS) is 1. The number of hydrogen-bond acceptors (Lipinski definition) is 3. The van der Waals surface area contributed by atoms with E-state index in [1.54, 1.807) is 11.9 Å². The maximum Gasteiger partial charge on any atom is 0.303 e. The third-order valence-corrected chi connectivity index (χ3v) is 2.33.